The van der Waals surface area contributed by atoms with Crippen molar-refractivity contribution in [1.29, 1.82) is 0 Å². The minimum Gasteiger partial charge on any atom is -1.00 e. The van der Waals surface area contributed by atoms with Gasteiger partial charge in [-0.25, -0.2) is 12.2 Å². The molecule has 0 spiro atoms. The van der Waals surface area contributed by atoms with E-state index < -0.39 is 0 Å². The molecule has 0 saturated carbocycles. The van der Waals surface area contributed by atoms with Gasteiger partial charge in [0.05, 0.1) is 0 Å². The molecule has 0 heterocycles. The topological polar surface area (TPSA) is 0 Å². The molecule has 1 rings (SSSR count). The molecule has 0 atom stereocenters. The molecule has 1 aliphatic carbocycles. The van der Waals surface area contributed by atoms with Crippen LogP contribution in [0.4, 0.5) is 0 Å². The molecule has 61 valence electrons. The number of halogens is 2. The normalized spacial score (nSPS) is 17.3. The molecule has 1 radical (unpaired) electrons. The van der Waals surface area contributed by atoms with Crippen LogP contribution in [0.2, 0.25) is 0 Å². The molecular formula is C8H11Cl2Zr. The largest absolute Gasteiger partial charge is 3.00 e. The van der Waals surface area contributed by atoms with E-state index >= 15 is 0 Å². The van der Waals surface area contributed by atoms with Crippen molar-refractivity contribution in [1.82, 2.24) is 0 Å². The third-order valence-corrected chi connectivity index (χ3v) is 1.38. The van der Waals surface area contributed by atoms with Crippen molar-refractivity contribution >= 4 is 0 Å². The molecule has 0 unspecified atom stereocenters. The molecule has 0 amide bonds. The van der Waals surface area contributed by atoms with Gasteiger partial charge in [-0.2, -0.15) is 6.08 Å². The van der Waals surface area contributed by atoms with Gasteiger partial charge >= 0.3 is 26.2 Å². The average Bonchev–Trinajstić information content (AvgIpc) is 1.65. The minimum absolute atomic E-state index is 0. The average molecular weight is 269 g/mol. The Bertz CT molecular complexity index is 139. The standard InChI is InChI=1S/C8H11.2ClH.Zr/c1-8(2)6-4-3-5-7-8;;;/h4-6H,7H2,1-2H3;2*1H;/q-1;;;+3/p-2. The van der Waals surface area contributed by atoms with Gasteiger partial charge in [-0.05, 0) is 0 Å². The predicted octanol–water partition coefficient (Wildman–Crippen LogP) is -3.66. The molecule has 0 nitrogen and oxygen atoms in total. The van der Waals surface area contributed by atoms with Crippen LogP contribution < -0.4 is 24.8 Å². The number of allylic oxidation sites excluding steroid dienone is 4. The molecule has 0 fully saturated rings. The van der Waals surface area contributed by atoms with Crippen LogP contribution in [0.5, 0.6) is 0 Å². The molecule has 0 N–H and O–H groups in total. The zero-order valence-electron chi connectivity index (χ0n) is 6.70. The zero-order valence-corrected chi connectivity index (χ0v) is 10.7. The number of hydrogen-bond donors (Lipinski definition) is 0. The summed E-state index contributed by atoms with van der Waals surface area (Å²) < 4.78 is 0. The van der Waals surface area contributed by atoms with Gasteiger partial charge in [-0.15, -0.1) is 0 Å². The van der Waals surface area contributed by atoms with E-state index in [0.717, 1.165) is 6.42 Å². The minimum atomic E-state index is 0. The van der Waals surface area contributed by atoms with Crippen molar-refractivity contribution in [2.45, 2.75) is 20.3 Å². The van der Waals surface area contributed by atoms with Crippen molar-refractivity contribution in [2.75, 3.05) is 0 Å². The van der Waals surface area contributed by atoms with Crippen LogP contribution in [0.3, 0.4) is 0 Å². The summed E-state index contributed by atoms with van der Waals surface area (Å²) in [6.07, 6.45) is 10.4. The van der Waals surface area contributed by atoms with E-state index in [2.05, 4.69) is 32.1 Å². The van der Waals surface area contributed by atoms with Crippen molar-refractivity contribution in [3.8, 4) is 0 Å². The second-order valence-electron chi connectivity index (χ2n) is 2.90. The smallest absolute Gasteiger partial charge is 1.00 e. The maximum Gasteiger partial charge on any atom is 3.00 e. The van der Waals surface area contributed by atoms with Crippen molar-refractivity contribution in [2.24, 2.45) is 5.41 Å². The molecule has 0 aromatic carbocycles. The first-order chi connectivity index (χ1) is 3.71. The van der Waals surface area contributed by atoms with Gasteiger partial charge in [0.1, 0.15) is 0 Å². The van der Waals surface area contributed by atoms with Gasteiger partial charge in [0, 0.05) is 0 Å². The molecule has 0 bridgehead atoms. The summed E-state index contributed by atoms with van der Waals surface area (Å²) in [6.45, 7) is 4.45. The molecule has 0 aromatic heterocycles. The van der Waals surface area contributed by atoms with E-state index in [1.807, 2.05) is 6.08 Å². The van der Waals surface area contributed by atoms with E-state index in [-0.39, 0.29) is 51.0 Å². The van der Waals surface area contributed by atoms with Crippen molar-refractivity contribution in [3.63, 3.8) is 0 Å². The summed E-state index contributed by atoms with van der Waals surface area (Å²) in [4.78, 5) is 0. The second-order valence-corrected chi connectivity index (χ2v) is 2.90. The van der Waals surface area contributed by atoms with Crippen LogP contribution >= 0.6 is 0 Å². The van der Waals surface area contributed by atoms with Gasteiger partial charge in [-0.3, -0.25) is 6.08 Å². The molecule has 0 saturated heterocycles. The Morgan fingerprint density at radius 1 is 1.27 bits per heavy atom. The summed E-state index contributed by atoms with van der Waals surface area (Å²) >= 11 is 0. The van der Waals surface area contributed by atoms with E-state index in [9.17, 15) is 0 Å². The Balaban J connectivity index is -0.000000213. The van der Waals surface area contributed by atoms with Gasteiger partial charge in [0.15, 0.2) is 0 Å². The Morgan fingerprint density at radius 3 is 2.00 bits per heavy atom. The Morgan fingerprint density at radius 2 is 1.82 bits per heavy atom. The molecule has 0 aliphatic heterocycles. The van der Waals surface area contributed by atoms with Crippen LogP contribution in [0.1, 0.15) is 20.3 Å². The molecule has 1 aliphatic rings. The maximum absolute atomic E-state index is 3.03. The monoisotopic (exact) mass is 267 g/mol. The van der Waals surface area contributed by atoms with Crippen molar-refractivity contribution in [3.05, 3.63) is 24.3 Å². The van der Waals surface area contributed by atoms with Crippen LogP contribution in [-0.4, -0.2) is 0 Å². The van der Waals surface area contributed by atoms with Gasteiger partial charge < -0.3 is 24.8 Å². The zero-order chi connectivity index (χ0) is 6.04. The first kappa shape index (κ1) is 17.9. The number of rotatable bonds is 0. The fourth-order valence-corrected chi connectivity index (χ4v) is 0.732. The van der Waals surface area contributed by atoms with Gasteiger partial charge in [0.2, 0.25) is 0 Å². The van der Waals surface area contributed by atoms with E-state index in [1.165, 1.54) is 0 Å². The SMILES string of the molecule is CC1(C)C=C[C-]=CC1.[Cl-].[Cl-].[Zr+3]. The van der Waals surface area contributed by atoms with Crippen molar-refractivity contribution < 1.29 is 51.0 Å². The summed E-state index contributed by atoms with van der Waals surface area (Å²) in [7, 11) is 0. The molecule has 11 heavy (non-hydrogen) atoms. The van der Waals surface area contributed by atoms with E-state index in [4.69, 9.17) is 0 Å². The Labute approximate surface area is 100 Å². The third-order valence-electron chi connectivity index (χ3n) is 1.38. The summed E-state index contributed by atoms with van der Waals surface area (Å²) in [5.41, 5.74) is 0.380. The quantitative estimate of drug-likeness (QED) is 0.398. The molecule has 0 aromatic rings. The van der Waals surface area contributed by atoms with Crippen LogP contribution in [0.25, 0.3) is 0 Å². The fraction of sp³-hybridized carbons (Fsp3) is 0.500. The maximum atomic E-state index is 3.03. The molecule has 3 heteroatoms. The first-order valence-corrected chi connectivity index (χ1v) is 2.96. The predicted molar refractivity (Wildman–Crippen MR) is 35.4 cm³/mol. The van der Waals surface area contributed by atoms with Gasteiger partial charge in [0.25, 0.3) is 0 Å². The summed E-state index contributed by atoms with van der Waals surface area (Å²) in [5, 5.41) is 0. The second kappa shape index (κ2) is 7.58. The summed E-state index contributed by atoms with van der Waals surface area (Å²) in [5.74, 6) is 0. The van der Waals surface area contributed by atoms with Crippen LogP contribution in [-0.2, 0) is 26.2 Å². The Kier molecular flexibility index (Phi) is 12.3. The fourth-order valence-electron chi connectivity index (χ4n) is 0.732. The third kappa shape index (κ3) is 7.31. The summed E-state index contributed by atoms with van der Waals surface area (Å²) in [6, 6.07) is 0. The van der Waals surface area contributed by atoms with E-state index in [0.29, 0.717) is 5.41 Å². The first-order valence-electron chi connectivity index (χ1n) is 2.96. The number of hydrogen-bond acceptors (Lipinski definition) is 0. The van der Waals surface area contributed by atoms with Crippen LogP contribution in [0.15, 0.2) is 18.2 Å². The van der Waals surface area contributed by atoms with E-state index in [1.54, 1.807) is 0 Å². The van der Waals surface area contributed by atoms with Crippen LogP contribution in [0, 0.1) is 11.5 Å². The van der Waals surface area contributed by atoms with Gasteiger partial charge in [-0.1, -0.05) is 25.7 Å². The molecular weight excluding hydrogens is 258 g/mol. The Hall–Kier alpha value is 0.943.